The van der Waals surface area contributed by atoms with Gasteiger partial charge in [-0.05, 0) is 100 Å². The molecular formula is C53H47CuF6N9O7S2V. The van der Waals surface area contributed by atoms with Gasteiger partial charge in [0.1, 0.15) is 0 Å². The first kappa shape index (κ1) is 68.2. The van der Waals surface area contributed by atoms with Crippen LogP contribution in [0.3, 0.4) is 0 Å². The predicted molar refractivity (Wildman–Crippen MR) is 276 cm³/mol. The van der Waals surface area contributed by atoms with Crippen molar-refractivity contribution >= 4 is 54.4 Å². The Hall–Kier alpha value is -6.93. The minimum Gasteiger partial charge on any atom is -2.00 e. The quantitative estimate of drug-likeness (QED) is 0.0654. The molecule has 7 aromatic rings. The third-order valence-corrected chi connectivity index (χ3v) is 12.0. The number of aliphatic imine (C=N–C) groups is 2. The number of para-hydroxylation sites is 4. The average molecular weight is 1210 g/mol. The van der Waals surface area contributed by atoms with Gasteiger partial charge < -0.3 is 25.2 Å². The van der Waals surface area contributed by atoms with Crippen LogP contribution in [0.4, 0.5) is 49.1 Å². The molecule has 6 heterocycles. The standard InChI is InChI=1S/C29H25N5.C22H22N4.2CHF3O3S.Cu.O.V/c1-28(22-12-3-7-18-30-22,23-13-4-8-19-31-23)26-16-11-17-27(34-26)29(2,24-14-5-9-20-32-24)25-15-6-10-21-33-25;1-15-13-16(2)24-21-11-7-8-12-22(21)26-18(4)14-17(3)25-20-10-6-5-9-19(20)23-15;2*2-1(3,4)8(5,6)7;;;/h3-21H,1-2H3;5-14H,1-4H3;2*(H,5,6,7);;;/q;-2;;;+2;-2;+4/p-2/b;15-13-,17-14-,24-16?,26-18?;;;;;. The molecule has 1 aliphatic rings. The van der Waals surface area contributed by atoms with E-state index in [4.69, 9.17) is 71.5 Å². The number of hydrogen-bond donors (Lipinski definition) is 0. The van der Waals surface area contributed by atoms with Crippen molar-refractivity contribution in [3.05, 3.63) is 233 Å². The van der Waals surface area contributed by atoms with E-state index >= 15 is 0 Å². The van der Waals surface area contributed by atoms with Gasteiger partial charge in [0.05, 0.1) is 56.4 Å². The van der Waals surface area contributed by atoms with E-state index in [0.717, 1.165) is 79.7 Å². The third-order valence-electron chi connectivity index (χ3n) is 10.8. The molecule has 0 saturated carbocycles. The molecule has 2 radical (unpaired) electrons. The summed E-state index contributed by atoms with van der Waals surface area (Å²) in [6, 6.07) is 45.7. The fraction of sp³-hybridized carbons (Fsp3) is 0.189. The van der Waals surface area contributed by atoms with Crippen LogP contribution in [0.5, 0.6) is 0 Å². The van der Waals surface area contributed by atoms with E-state index in [1.807, 2.05) is 204 Å². The molecule has 1 aliphatic heterocycles. The molecule has 416 valence electrons. The second-order valence-electron chi connectivity index (χ2n) is 16.6. The summed E-state index contributed by atoms with van der Waals surface area (Å²) >= 11 is 0. The third kappa shape index (κ3) is 18.6. The monoisotopic (exact) mass is 1210 g/mol. The molecule has 0 atom stereocenters. The minimum atomic E-state index is -6.09. The molecule has 0 aliphatic carbocycles. The predicted octanol–water partition coefficient (Wildman–Crippen LogP) is 12.8. The molecule has 5 aromatic heterocycles. The van der Waals surface area contributed by atoms with Gasteiger partial charge in [-0.15, -0.1) is 0 Å². The Bertz CT molecular complexity index is 3140. The van der Waals surface area contributed by atoms with Crippen LogP contribution in [0.25, 0.3) is 10.6 Å². The Kier molecular flexibility index (Phi) is 25.3. The number of halogens is 6. The summed E-state index contributed by atoms with van der Waals surface area (Å²) < 4.78 is 118. The van der Waals surface area contributed by atoms with Crippen LogP contribution in [0.2, 0.25) is 0 Å². The fourth-order valence-corrected chi connectivity index (χ4v) is 7.21. The molecule has 0 saturated heterocycles. The molecule has 79 heavy (non-hydrogen) atoms. The van der Waals surface area contributed by atoms with Crippen molar-refractivity contribution in [1.82, 2.24) is 24.9 Å². The van der Waals surface area contributed by atoms with Crippen LogP contribution >= 0.6 is 0 Å². The van der Waals surface area contributed by atoms with Crippen molar-refractivity contribution in [2.45, 2.75) is 63.4 Å². The number of fused-ring (bicyclic) bond motifs is 2. The van der Waals surface area contributed by atoms with Gasteiger partial charge in [0.2, 0.25) is 0 Å². The van der Waals surface area contributed by atoms with E-state index in [2.05, 4.69) is 13.8 Å². The van der Waals surface area contributed by atoms with E-state index in [1.54, 1.807) is 0 Å². The maximum absolute atomic E-state index is 10.7. The Morgan fingerprint density at radius 2 is 0.684 bits per heavy atom. The summed E-state index contributed by atoms with van der Waals surface area (Å²) in [5, 5.41) is 9.43. The Morgan fingerprint density at radius 3 is 0.937 bits per heavy atom. The smallest absolute Gasteiger partial charge is 2.00 e. The van der Waals surface area contributed by atoms with E-state index < -0.39 is 42.1 Å². The molecule has 0 bridgehead atoms. The topological polar surface area (TPSA) is 260 Å². The van der Waals surface area contributed by atoms with Gasteiger partial charge in [-0.2, -0.15) is 49.1 Å². The zero-order chi connectivity index (χ0) is 56.0. The number of benzene rings is 2. The molecule has 16 nitrogen and oxygen atoms in total. The number of alkyl halides is 6. The zero-order valence-corrected chi connectivity index (χ0v) is 46.4. The van der Waals surface area contributed by atoms with E-state index in [-0.39, 0.29) is 41.1 Å². The first-order valence-electron chi connectivity index (χ1n) is 22.4. The van der Waals surface area contributed by atoms with Gasteiger partial charge in [0.25, 0.3) is 0 Å². The summed E-state index contributed by atoms with van der Waals surface area (Å²) in [6.07, 6.45) is 11.2. The molecule has 0 spiro atoms. The van der Waals surface area contributed by atoms with Gasteiger partial charge in [-0.25, -0.2) is 16.8 Å². The van der Waals surface area contributed by atoms with Crippen LogP contribution < -0.4 is 0 Å². The second-order valence-corrected chi connectivity index (χ2v) is 19.3. The number of pyridine rings is 5. The maximum Gasteiger partial charge on any atom is 4.00 e. The van der Waals surface area contributed by atoms with Crippen molar-refractivity contribution in [3.8, 4) is 0 Å². The molecule has 8 rings (SSSR count). The minimum absolute atomic E-state index is 0. The summed E-state index contributed by atoms with van der Waals surface area (Å²) in [4.78, 5) is 33.5. The van der Waals surface area contributed by atoms with Gasteiger partial charge >= 0.3 is 46.6 Å². The molecule has 0 fully saturated rings. The second kappa shape index (κ2) is 29.3. The van der Waals surface area contributed by atoms with Crippen LogP contribution in [0, 0.1) is 0 Å². The van der Waals surface area contributed by atoms with Crippen molar-refractivity contribution < 1.29 is 93.4 Å². The van der Waals surface area contributed by atoms with E-state index in [0.29, 0.717) is 0 Å². The van der Waals surface area contributed by atoms with Crippen LogP contribution in [0.15, 0.2) is 198 Å². The Labute approximate surface area is 476 Å². The molecule has 2 aromatic carbocycles. The van der Waals surface area contributed by atoms with Crippen molar-refractivity contribution in [3.63, 3.8) is 0 Å². The van der Waals surface area contributed by atoms with E-state index in [1.165, 1.54) is 0 Å². The van der Waals surface area contributed by atoms with Crippen LogP contribution in [-0.4, -0.2) is 73.3 Å². The molecule has 0 unspecified atom stereocenters. The van der Waals surface area contributed by atoms with Crippen LogP contribution in [0.1, 0.15) is 75.7 Å². The zero-order valence-electron chi connectivity index (χ0n) is 42.5. The average Bonchev–Trinajstić information content (AvgIpc) is 3.45. The number of nitrogens with zero attached hydrogens (tertiary/aromatic N) is 9. The van der Waals surface area contributed by atoms with E-state index in [9.17, 15) is 26.3 Å². The summed E-state index contributed by atoms with van der Waals surface area (Å²) in [5.74, 6) is 0. The maximum atomic E-state index is 10.7. The number of aromatic nitrogens is 5. The number of allylic oxidation sites excluding steroid dienone is 4. The SMILES string of the molecule is CC(c1ccccn1)(c1ccccn1)c1cccc(C(C)(c2ccccn2)c2ccccn2)n1.CC1=Nc2ccccc2N=C(C)/C=C(/C)[N-]c2ccccc2[N-]/C(C)=C\1.O=S(=O)([O-])C(F)(F)F.O=S(=O)([O-])C(F)(F)F.[Cu+2].[O-2].[V+4]. The largest absolute Gasteiger partial charge is 4.00 e. The van der Waals surface area contributed by atoms with Crippen molar-refractivity contribution in [2.75, 3.05) is 0 Å². The van der Waals surface area contributed by atoms with Crippen molar-refractivity contribution in [2.24, 2.45) is 9.98 Å². The Morgan fingerprint density at radius 1 is 0.430 bits per heavy atom. The first-order chi connectivity index (χ1) is 35.6. The molecule has 0 amide bonds. The van der Waals surface area contributed by atoms with Crippen LogP contribution in [-0.2, 0) is 72.2 Å². The van der Waals surface area contributed by atoms with Gasteiger partial charge in [0, 0.05) is 36.2 Å². The molecular weight excluding hydrogens is 1170 g/mol. The van der Waals surface area contributed by atoms with Crippen molar-refractivity contribution in [1.29, 1.82) is 0 Å². The number of hydrogen-bond acceptors (Lipinski definition) is 13. The molecule has 26 heteroatoms. The summed E-state index contributed by atoms with van der Waals surface area (Å²) in [5.41, 5.74) is -0.435. The Balaban J connectivity index is 0.000000419. The normalized spacial score (nSPS) is 14.2. The summed E-state index contributed by atoms with van der Waals surface area (Å²) in [6.45, 7) is 12.1. The van der Waals surface area contributed by atoms with Gasteiger partial charge in [-0.3, -0.25) is 34.9 Å². The fourth-order valence-electron chi connectivity index (χ4n) is 7.21. The van der Waals surface area contributed by atoms with Gasteiger partial charge in [0.15, 0.2) is 20.2 Å². The first-order valence-corrected chi connectivity index (χ1v) is 25.2. The van der Waals surface area contributed by atoms with Gasteiger partial charge in [-0.1, -0.05) is 92.7 Å². The summed E-state index contributed by atoms with van der Waals surface area (Å²) in [7, 11) is -12.2. The molecule has 0 N–H and O–H groups in total. The number of rotatable bonds is 6.